The first kappa shape index (κ1) is 13.9. The maximum absolute atomic E-state index is 12.7. The van der Waals surface area contributed by atoms with Gasteiger partial charge in [-0.25, -0.2) is 0 Å². The summed E-state index contributed by atoms with van der Waals surface area (Å²) in [5, 5.41) is 2.02. The van der Waals surface area contributed by atoms with Gasteiger partial charge in [0.25, 0.3) is 5.91 Å². The molecular weight excluding hydrogens is 282 g/mol. The third-order valence-corrected chi connectivity index (χ3v) is 4.37. The Morgan fingerprint density at radius 2 is 2.24 bits per heavy atom. The molecule has 0 saturated carbocycles. The zero-order valence-corrected chi connectivity index (χ0v) is 12.5. The molecule has 3 nitrogen and oxygen atoms in total. The zero-order chi connectivity index (χ0) is 14.7. The average molecular weight is 299 g/mol. The number of carbonyl (C=O) groups is 1. The number of benzene rings is 1. The van der Waals surface area contributed by atoms with Crippen LogP contribution in [0.2, 0.25) is 0 Å². The highest BCUT2D eigenvalue weighted by atomic mass is 32.1. The molecule has 1 aromatic carbocycles. The van der Waals surface area contributed by atoms with Crippen molar-refractivity contribution in [3.63, 3.8) is 0 Å². The number of hydrogen-bond acceptors (Lipinski definition) is 3. The van der Waals surface area contributed by atoms with Crippen LogP contribution < -0.4 is 4.74 Å². The van der Waals surface area contributed by atoms with Gasteiger partial charge in [0.05, 0.1) is 6.54 Å². The Morgan fingerprint density at radius 3 is 2.95 bits per heavy atom. The quantitative estimate of drug-likeness (QED) is 0.793. The van der Waals surface area contributed by atoms with Crippen LogP contribution in [0.5, 0.6) is 5.75 Å². The van der Waals surface area contributed by atoms with E-state index in [-0.39, 0.29) is 5.91 Å². The van der Waals surface area contributed by atoms with Gasteiger partial charge in [-0.2, -0.15) is 0 Å². The molecule has 3 rings (SSSR count). The molecule has 0 saturated heterocycles. The van der Waals surface area contributed by atoms with Gasteiger partial charge in [0.1, 0.15) is 5.75 Å². The Morgan fingerprint density at radius 1 is 1.38 bits per heavy atom. The summed E-state index contributed by atoms with van der Waals surface area (Å²) < 4.78 is 5.79. The van der Waals surface area contributed by atoms with Gasteiger partial charge in [0.15, 0.2) is 6.10 Å². The fraction of sp³-hybridized carbons (Fsp3) is 0.235. The van der Waals surface area contributed by atoms with Gasteiger partial charge in [-0.1, -0.05) is 30.3 Å². The monoisotopic (exact) mass is 299 g/mol. The number of carbonyl (C=O) groups excluding carboxylic acids is 1. The highest BCUT2D eigenvalue weighted by Crippen LogP contribution is 2.29. The average Bonchev–Trinajstić information content (AvgIpc) is 3.14. The highest BCUT2D eigenvalue weighted by molar-refractivity contribution is 7.09. The van der Waals surface area contributed by atoms with Crippen molar-refractivity contribution in [2.24, 2.45) is 0 Å². The first-order valence-corrected chi connectivity index (χ1v) is 7.82. The van der Waals surface area contributed by atoms with E-state index in [4.69, 9.17) is 4.74 Å². The van der Waals surface area contributed by atoms with Crippen LogP contribution in [0, 0.1) is 0 Å². The maximum atomic E-state index is 12.7. The molecule has 0 N–H and O–H groups in total. The molecule has 4 heteroatoms. The predicted molar refractivity (Wildman–Crippen MR) is 84.5 cm³/mol. The van der Waals surface area contributed by atoms with E-state index in [1.807, 2.05) is 41.8 Å². The number of para-hydroxylation sites is 1. The minimum absolute atomic E-state index is 0.0273. The number of ether oxygens (including phenoxy) is 1. The van der Waals surface area contributed by atoms with Gasteiger partial charge in [0, 0.05) is 17.8 Å². The van der Waals surface area contributed by atoms with E-state index < -0.39 is 6.10 Å². The normalized spacial score (nSPS) is 16.1. The van der Waals surface area contributed by atoms with Gasteiger partial charge in [0.2, 0.25) is 0 Å². The number of thiophene rings is 1. The van der Waals surface area contributed by atoms with Crippen LogP contribution in [0.4, 0.5) is 0 Å². The van der Waals surface area contributed by atoms with Gasteiger partial charge >= 0.3 is 0 Å². The molecule has 2 heterocycles. The highest BCUT2D eigenvalue weighted by Gasteiger charge is 2.31. The summed E-state index contributed by atoms with van der Waals surface area (Å²) in [5.74, 6) is 0.852. The summed E-state index contributed by atoms with van der Waals surface area (Å²) in [6.07, 6.45) is 1.99. The van der Waals surface area contributed by atoms with E-state index in [1.54, 1.807) is 22.3 Å². The third kappa shape index (κ3) is 3.00. The van der Waals surface area contributed by atoms with Crippen molar-refractivity contribution < 1.29 is 9.53 Å². The number of amides is 1. The fourth-order valence-electron chi connectivity index (χ4n) is 2.50. The van der Waals surface area contributed by atoms with Gasteiger partial charge in [-0.3, -0.25) is 4.79 Å². The molecule has 0 fully saturated rings. The lowest BCUT2D eigenvalue weighted by Crippen LogP contribution is -2.40. The molecule has 2 aromatic rings. The molecule has 21 heavy (non-hydrogen) atoms. The lowest BCUT2D eigenvalue weighted by atomic mass is 10.1. The third-order valence-electron chi connectivity index (χ3n) is 3.51. The molecule has 0 radical (unpaired) electrons. The van der Waals surface area contributed by atoms with Crippen LogP contribution in [0.25, 0.3) is 0 Å². The summed E-state index contributed by atoms with van der Waals surface area (Å²) in [6.45, 7) is 4.89. The van der Waals surface area contributed by atoms with Crippen molar-refractivity contribution in [2.75, 3.05) is 6.54 Å². The Hall–Kier alpha value is -2.07. The number of nitrogens with zero attached hydrogens (tertiary/aromatic N) is 1. The maximum Gasteiger partial charge on any atom is 0.264 e. The van der Waals surface area contributed by atoms with Crippen LogP contribution in [-0.4, -0.2) is 23.5 Å². The summed E-state index contributed by atoms with van der Waals surface area (Å²) in [5.41, 5.74) is 1.10. The molecule has 1 amide bonds. The Kier molecular flexibility index (Phi) is 4.06. The lowest BCUT2D eigenvalue weighted by Gasteiger charge is -2.23. The molecule has 0 bridgehead atoms. The van der Waals surface area contributed by atoms with Crippen LogP contribution in [0.15, 0.2) is 54.4 Å². The van der Waals surface area contributed by atoms with E-state index in [1.165, 1.54) is 4.88 Å². The molecule has 0 spiro atoms. The minimum atomic E-state index is -0.415. The van der Waals surface area contributed by atoms with Crippen molar-refractivity contribution in [1.82, 2.24) is 4.90 Å². The fourth-order valence-corrected chi connectivity index (χ4v) is 3.22. The molecule has 0 aliphatic carbocycles. The SMILES string of the molecule is C=CCN(Cc1cccs1)C(=O)C1Cc2ccccc2O1. The van der Waals surface area contributed by atoms with E-state index >= 15 is 0 Å². The van der Waals surface area contributed by atoms with E-state index in [2.05, 4.69) is 6.58 Å². The molecular formula is C17H17NO2S. The summed E-state index contributed by atoms with van der Waals surface area (Å²) in [6, 6.07) is 11.9. The topological polar surface area (TPSA) is 29.5 Å². The first-order chi connectivity index (χ1) is 10.3. The smallest absolute Gasteiger partial charge is 0.264 e. The lowest BCUT2D eigenvalue weighted by molar-refractivity contribution is -0.137. The van der Waals surface area contributed by atoms with Crippen molar-refractivity contribution in [1.29, 1.82) is 0 Å². The largest absolute Gasteiger partial charge is 0.480 e. The Balaban J connectivity index is 1.72. The van der Waals surface area contributed by atoms with Crippen molar-refractivity contribution in [3.8, 4) is 5.75 Å². The second-order valence-corrected chi connectivity index (χ2v) is 6.04. The zero-order valence-electron chi connectivity index (χ0n) is 11.7. The molecule has 108 valence electrons. The minimum Gasteiger partial charge on any atom is -0.480 e. The molecule has 1 unspecified atom stereocenters. The standard InChI is InChI=1S/C17H17NO2S/c1-2-9-18(12-14-7-5-10-21-14)17(19)16-11-13-6-3-4-8-15(13)20-16/h2-8,10,16H,1,9,11-12H2. The summed E-state index contributed by atoms with van der Waals surface area (Å²) in [4.78, 5) is 15.7. The second kappa shape index (κ2) is 6.14. The molecule has 1 atom stereocenters. The van der Waals surface area contributed by atoms with E-state index in [0.29, 0.717) is 19.5 Å². The van der Waals surface area contributed by atoms with E-state index in [0.717, 1.165) is 11.3 Å². The van der Waals surface area contributed by atoms with Crippen molar-refractivity contribution in [3.05, 3.63) is 64.9 Å². The van der Waals surface area contributed by atoms with Crippen molar-refractivity contribution in [2.45, 2.75) is 19.1 Å². The first-order valence-electron chi connectivity index (χ1n) is 6.94. The summed E-state index contributed by atoms with van der Waals surface area (Å²) >= 11 is 1.66. The Bertz CT molecular complexity index is 611. The van der Waals surface area contributed by atoms with Gasteiger partial charge < -0.3 is 9.64 Å². The second-order valence-electron chi connectivity index (χ2n) is 5.01. The van der Waals surface area contributed by atoms with Crippen LogP contribution in [0.1, 0.15) is 10.4 Å². The molecule has 1 aliphatic heterocycles. The number of hydrogen-bond donors (Lipinski definition) is 0. The van der Waals surface area contributed by atoms with Gasteiger partial charge in [-0.05, 0) is 23.1 Å². The van der Waals surface area contributed by atoms with Crippen LogP contribution in [-0.2, 0) is 17.8 Å². The van der Waals surface area contributed by atoms with Gasteiger partial charge in [-0.15, -0.1) is 17.9 Å². The van der Waals surface area contributed by atoms with Crippen molar-refractivity contribution >= 4 is 17.2 Å². The summed E-state index contributed by atoms with van der Waals surface area (Å²) in [7, 11) is 0. The van der Waals surface area contributed by atoms with Crippen LogP contribution in [0.3, 0.4) is 0 Å². The number of rotatable bonds is 5. The molecule has 1 aliphatic rings. The number of fused-ring (bicyclic) bond motifs is 1. The van der Waals surface area contributed by atoms with Crippen LogP contribution >= 0.6 is 11.3 Å². The Labute approximate surface area is 128 Å². The van der Waals surface area contributed by atoms with E-state index in [9.17, 15) is 4.79 Å². The predicted octanol–water partition coefficient (Wildman–Crippen LogP) is 3.27. The molecule has 1 aromatic heterocycles.